The molecule has 4 heteroatoms. The topological polar surface area (TPSA) is 50.4 Å². The molecule has 0 aromatic carbocycles. The molecular formula is C11H20N2O2. The highest BCUT2D eigenvalue weighted by atomic mass is 16.5. The van der Waals surface area contributed by atoms with Gasteiger partial charge in [0.2, 0.25) is 5.91 Å². The smallest absolute Gasteiger partial charge is 0.246 e. The highest BCUT2D eigenvalue weighted by molar-refractivity contribution is 5.77. The second kappa shape index (κ2) is 4.49. The van der Waals surface area contributed by atoms with Crippen LogP contribution in [0.25, 0.3) is 0 Å². The zero-order chi connectivity index (χ0) is 10.7. The number of rotatable bonds is 2. The summed E-state index contributed by atoms with van der Waals surface area (Å²) in [6.45, 7) is 5.23. The summed E-state index contributed by atoms with van der Waals surface area (Å²) in [7, 11) is 0. The lowest BCUT2D eigenvalue weighted by atomic mass is 9.85. The molecule has 4 nitrogen and oxygen atoms in total. The Morgan fingerprint density at radius 1 is 1.47 bits per heavy atom. The molecule has 0 bridgehead atoms. The van der Waals surface area contributed by atoms with Gasteiger partial charge in [-0.05, 0) is 45.2 Å². The summed E-state index contributed by atoms with van der Waals surface area (Å²) in [5.41, 5.74) is -0.143. The number of amides is 1. The lowest BCUT2D eigenvalue weighted by Gasteiger charge is -2.37. The standard InChI is InChI=1S/C11H20N2O2/c1-11(8-13-10(14)7-15-11)6-9-2-4-12-5-3-9/h9,12H,2-8H2,1H3,(H,13,14). The normalized spacial score (nSPS) is 33.8. The van der Waals surface area contributed by atoms with E-state index in [1.807, 2.05) is 0 Å². The molecule has 15 heavy (non-hydrogen) atoms. The molecule has 0 spiro atoms. The molecule has 2 aliphatic rings. The van der Waals surface area contributed by atoms with Gasteiger partial charge in [-0.2, -0.15) is 0 Å². The minimum absolute atomic E-state index is 0.0118. The van der Waals surface area contributed by atoms with E-state index in [4.69, 9.17) is 4.74 Å². The van der Waals surface area contributed by atoms with Crippen LogP contribution in [-0.4, -0.2) is 37.7 Å². The van der Waals surface area contributed by atoms with Gasteiger partial charge >= 0.3 is 0 Å². The molecule has 86 valence electrons. The van der Waals surface area contributed by atoms with E-state index in [-0.39, 0.29) is 18.1 Å². The maximum Gasteiger partial charge on any atom is 0.246 e. The lowest BCUT2D eigenvalue weighted by molar-refractivity contribution is -0.143. The van der Waals surface area contributed by atoms with Crippen LogP contribution < -0.4 is 10.6 Å². The maximum atomic E-state index is 11.0. The van der Waals surface area contributed by atoms with Crippen molar-refractivity contribution in [2.75, 3.05) is 26.2 Å². The van der Waals surface area contributed by atoms with E-state index in [9.17, 15) is 4.79 Å². The van der Waals surface area contributed by atoms with Crippen molar-refractivity contribution in [3.8, 4) is 0 Å². The Labute approximate surface area is 90.8 Å². The third-order valence-corrected chi connectivity index (χ3v) is 3.39. The van der Waals surface area contributed by atoms with Crippen molar-refractivity contribution in [3.63, 3.8) is 0 Å². The summed E-state index contributed by atoms with van der Waals surface area (Å²) >= 11 is 0. The molecule has 0 aromatic rings. The van der Waals surface area contributed by atoms with Gasteiger partial charge in [-0.15, -0.1) is 0 Å². The van der Waals surface area contributed by atoms with Crippen LogP contribution in [0.3, 0.4) is 0 Å². The van der Waals surface area contributed by atoms with E-state index in [0.29, 0.717) is 6.54 Å². The largest absolute Gasteiger partial charge is 0.364 e. The average Bonchev–Trinajstić information content (AvgIpc) is 2.24. The van der Waals surface area contributed by atoms with Crippen molar-refractivity contribution in [2.45, 2.75) is 31.8 Å². The highest BCUT2D eigenvalue weighted by Crippen LogP contribution is 2.27. The van der Waals surface area contributed by atoms with Crippen molar-refractivity contribution in [2.24, 2.45) is 5.92 Å². The summed E-state index contributed by atoms with van der Waals surface area (Å²) in [5.74, 6) is 0.754. The van der Waals surface area contributed by atoms with Crippen molar-refractivity contribution >= 4 is 5.91 Å². The first kappa shape index (κ1) is 10.9. The first-order valence-electron chi connectivity index (χ1n) is 5.79. The predicted octanol–water partition coefficient (Wildman–Crippen LogP) is 0.281. The summed E-state index contributed by atoms with van der Waals surface area (Å²) < 4.78 is 5.65. The van der Waals surface area contributed by atoms with Crippen LogP contribution >= 0.6 is 0 Å². The number of ether oxygens (including phenoxy) is 1. The van der Waals surface area contributed by atoms with E-state index in [2.05, 4.69) is 17.6 Å². The van der Waals surface area contributed by atoms with Gasteiger partial charge in [0.15, 0.2) is 0 Å². The Balaban J connectivity index is 1.83. The molecule has 2 N–H and O–H groups in total. The Bertz CT molecular complexity index is 227. The molecule has 0 saturated carbocycles. The van der Waals surface area contributed by atoms with E-state index < -0.39 is 0 Å². The van der Waals surface area contributed by atoms with Gasteiger partial charge < -0.3 is 15.4 Å². The van der Waals surface area contributed by atoms with Crippen molar-refractivity contribution < 1.29 is 9.53 Å². The molecule has 0 aromatic heterocycles. The Hall–Kier alpha value is -0.610. The fourth-order valence-electron chi connectivity index (χ4n) is 2.45. The number of hydrogen-bond acceptors (Lipinski definition) is 3. The highest BCUT2D eigenvalue weighted by Gasteiger charge is 2.33. The minimum atomic E-state index is -0.143. The summed E-state index contributed by atoms with van der Waals surface area (Å²) in [6, 6.07) is 0. The zero-order valence-electron chi connectivity index (χ0n) is 9.34. The first-order chi connectivity index (χ1) is 7.18. The van der Waals surface area contributed by atoms with Gasteiger partial charge in [0.25, 0.3) is 0 Å². The van der Waals surface area contributed by atoms with Gasteiger partial charge in [-0.25, -0.2) is 0 Å². The fourth-order valence-corrected chi connectivity index (χ4v) is 2.45. The number of morpholine rings is 1. The average molecular weight is 212 g/mol. The number of nitrogens with one attached hydrogen (secondary N) is 2. The number of hydrogen-bond donors (Lipinski definition) is 2. The summed E-state index contributed by atoms with van der Waals surface area (Å²) in [6.07, 6.45) is 3.52. The molecule has 2 heterocycles. The van der Waals surface area contributed by atoms with E-state index in [1.54, 1.807) is 0 Å². The second-order valence-electron chi connectivity index (χ2n) is 4.91. The molecule has 2 aliphatic heterocycles. The minimum Gasteiger partial charge on any atom is -0.364 e. The third kappa shape index (κ3) is 2.92. The van der Waals surface area contributed by atoms with Crippen LogP contribution in [0, 0.1) is 5.92 Å². The van der Waals surface area contributed by atoms with Crippen molar-refractivity contribution in [3.05, 3.63) is 0 Å². The zero-order valence-corrected chi connectivity index (χ0v) is 9.34. The predicted molar refractivity (Wildman–Crippen MR) is 57.6 cm³/mol. The van der Waals surface area contributed by atoms with Gasteiger partial charge in [0.1, 0.15) is 6.61 Å². The molecule has 1 unspecified atom stereocenters. The second-order valence-corrected chi connectivity index (χ2v) is 4.91. The lowest BCUT2D eigenvalue weighted by Crippen LogP contribution is -2.52. The molecular weight excluding hydrogens is 192 g/mol. The van der Waals surface area contributed by atoms with Crippen LogP contribution in [0.5, 0.6) is 0 Å². The van der Waals surface area contributed by atoms with E-state index >= 15 is 0 Å². The molecule has 1 amide bonds. The molecule has 2 fully saturated rings. The van der Waals surface area contributed by atoms with Crippen LogP contribution in [0.15, 0.2) is 0 Å². The summed E-state index contributed by atoms with van der Waals surface area (Å²) in [4.78, 5) is 11.0. The fraction of sp³-hybridized carbons (Fsp3) is 0.909. The van der Waals surface area contributed by atoms with Crippen LogP contribution in [-0.2, 0) is 9.53 Å². The van der Waals surface area contributed by atoms with Crippen LogP contribution in [0.2, 0.25) is 0 Å². The quantitative estimate of drug-likeness (QED) is 0.691. The monoisotopic (exact) mass is 212 g/mol. The molecule has 0 radical (unpaired) electrons. The van der Waals surface area contributed by atoms with Crippen LogP contribution in [0.4, 0.5) is 0 Å². The van der Waals surface area contributed by atoms with Gasteiger partial charge in [-0.1, -0.05) is 0 Å². The molecule has 2 rings (SSSR count). The SMILES string of the molecule is CC1(CC2CCNCC2)CNC(=O)CO1. The Morgan fingerprint density at radius 2 is 2.20 bits per heavy atom. The summed E-state index contributed by atoms with van der Waals surface area (Å²) in [5, 5.41) is 6.24. The molecule has 2 saturated heterocycles. The molecule has 0 aliphatic carbocycles. The van der Waals surface area contributed by atoms with Gasteiger partial charge in [0.05, 0.1) is 5.60 Å². The van der Waals surface area contributed by atoms with Crippen LogP contribution in [0.1, 0.15) is 26.2 Å². The van der Waals surface area contributed by atoms with E-state index in [1.165, 1.54) is 12.8 Å². The maximum absolute atomic E-state index is 11.0. The Kier molecular flexibility index (Phi) is 3.26. The van der Waals surface area contributed by atoms with Crippen molar-refractivity contribution in [1.82, 2.24) is 10.6 Å². The number of piperidine rings is 1. The first-order valence-corrected chi connectivity index (χ1v) is 5.79. The third-order valence-electron chi connectivity index (χ3n) is 3.39. The Morgan fingerprint density at radius 3 is 2.80 bits per heavy atom. The molecule has 1 atom stereocenters. The van der Waals surface area contributed by atoms with Crippen molar-refractivity contribution in [1.29, 1.82) is 0 Å². The van der Waals surface area contributed by atoms with Gasteiger partial charge in [-0.3, -0.25) is 4.79 Å². The number of carbonyl (C=O) groups excluding carboxylic acids is 1. The number of carbonyl (C=O) groups is 1. The van der Waals surface area contributed by atoms with E-state index in [0.717, 1.165) is 25.4 Å². The van der Waals surface area contributed by atoms with Gasteiger partial charge in [0, 0.05) is 6.54 Å².